The SMILES string of the molecule is C=C(C)C(=N/C=C(\C)C(=C)C)N1CCN(C2CCN(C(C(=C)O)c3ccc(O)cc3)CC2)C(CCC)C1. The number of nitrogens with zero attached hydrogens (tertiary/aromatic N) is 4. The number of amidine groups is 1. The van der Waals surface area contributed by atoms with Crippen molar-refractivity contribution >= 4 is 5.84 Å². The molecule has 2 aliphatic rings. The number of phenolic OH excluding ortho intramolecular Hbond substituents is 1. The second-order valence-corrected chi connectivity index (χ2v) is 10.7. The smallest absolute Gasteiger partial charge is 0.130 e. The first kappa shape index (κ1) is 28.7. The van der Waals surface area contributed by atoms with Gasteiger partial charge in [0.05, 0.1) is 6.04 Å². The minimum atomic E-state index is -0.241. The average Bonchev–Trinajstić information content (AvgIpc) is 2.86. The molecule has 0 radical (unpaired) electrons. The third-order valence-electron chi connectivity index (χ3n) is 7.74. The fraction of sp³-hybridized carbons (Fsp3) is 0.516. The molecule has 2 heterocycles. The van der Waals surface area contributed by atoms with Crippen LogP contribution in [0.3, 0.4) is 0 Å². The number of rotatable bonds is 9. The van der Waals surface area contributed by atoms with Crippen molar-refractivity contribution in [2.24, 2.45) is 4.99 Å². The highest BCUT2D eigenvalue weighted by Crippen LogP contribution is 2.32. The van der Waals surface area contributed by atoms with Crippen molar-refractivity contribution < 1.29 is 10.2 Å². The van der Waals surface area contributed by atoms with Crippen LogP contribution in [-0.2, 0) is 0 Å². The molecule has 0 saturated carbocycles. The zero-order chi connectivity index (χ0) is 27.1. The zero-order valence-corrected chi connectivity index (χ0v) is 23.3. The Morgan fingerprint density at radius 1 is 1.03 bits per heavy atom. The van der Waals surface area contributed by atoms with E-state index in [4.69, 9.17) is 4.99 Å². The predicted molar refractivity (Wildman–Crippen MR) is 155 cm³/mol. The van der Waals surface area contributed by atoms with E-state index >= 15 is 0 Å². The monoisotopic (exact) mass is 506 g/mol. The van der Waals surface area contributed by atoms with Crippen LogP contribution in [0.1, 0.15) is 65.0 Å². The maximum absolute atomic E-state index is 10.4. The third-order valence-corrected chi connectivity index (χ3v) is 7.74. The molecule has 0 aliphatic carbocycles. The highest BCUT2D eigenvalue weighted by Gasteiger charge is 2.36. The van der Waals surface area contributed by atoms with Gasteiger partial charge in [-0.2, -0.15) is 0 Å². The van der Waals surface area contributed by atoms with E-state index in [9.17, 15) is 10.2 Å². The number of aliphatic hydroxyl groups excluding tert-OH is 1. The number of aliphatic hydroxyl groups is 1. The van der Waals surface area contributed by atoms with Gasteiger partial charge in [0.1, 0.15) is 17.3 Å². The number of aliphatic imine (C=N–C) groups is 1. The summed E-state index contributed by atoms with van der Waals surface area (Å²) in [6.45, 7) is 25.2. The van der Waals surface area contributed by atoms with Crippen molar-refractivity contribution in [1.29, 1.82) is 0 Å². The molecule has 0 aromatic heterocycles. The molecule has 0 spiro atoms. The number of piperazine rings is 1. The normalized spacial score (nSPS) is 21.6. The summed E-state index contributed by atoms with van der Waals surface area (Å²) in [5, 5.41) is 20.1. The summed E-state index contributed by atoms with van der Waals surface area (Å²) in [5.74, 6) is 1.37. The standard InChI is InChI=1S/C31H46N4O2/c1-8-9-28-21-34(31(23(4)5)32-20-24(6)22(2)3)18-19-35(28)27-14-16-33(17-15-27)30(25(7)36)26-10-12-29(37)13-11-26/h10-13,20,27-28,30,36-37H,2,4,7-9,14-19,21H2,1,3,5-6H3/b24-20+,32-31?. The molecule has 2 saturated heterocycles. The number of allylic oxidation sites excluding steroid dienone is 2. The number of benzene rings is 1. The minimum Gasteiger partial charge on any atom is -0.511 e. The summed E-state index contributed by atoms with van der Waals surface area (Å²) in [6.07, 6.45) is 6.34. The number of piperidine rings is 1. The van der Waals surface area contributed by atoms with Crippen LogP contribution in [0.5, 0.6) is 5.75 Å². The summed E-state index contributed by atoms with van der Waals surface area (Å²) in [7, 11) is 0. The summed E-state index contributed by atoms with van der Waals surface area (Å²) in [6, 6.07) is 7.85. The van der Waals surface area contributed by atoms with Gasteiger partial charge in [-0.1, -0.05) is 50.8 Å². The van der Waals surface area contributed by atoms with Crippen molar-refractivity contribution in [3.05, 3.63) is 78.2 Å². The number of likely N-dealkylation sites (tertiary alicyclic amines) is 1. The molecule has 2 unspecified atom stereocenters. The summed E-state index contributed by atoms with van der Waals surface area (Å²) in [5.41, 5.74) is 4.07. The van der Waals surface area contributed by atoms with Crippen LogP contribution in [0.2, 0.25) is 0 Å². The first-order valence-electron chi connectivity index (χ1n) is 13.6. The van der Waals surface area contributed by atoms with Crippen LogP contribution in [0.4, 0.5) is 0 Å². The van der Waals surface area contributed by atoms with Crippen molar-refractivity contribution in [2.45, 2.75) is 71.5 Å². The lowest BCUT2D eigenvalue weighted by atomic mass is 9.94. The van der Waals surface area contributed by atoms with Gasteiger partial charge in [-0.3, -0.25) is 9.80 Å². The number of aromatic hydroxyl groups is 1. The Kier molecular flexibility index (Phi) is 10.2. The van der Waals surface area contributed by atoms with Crippen LogP contribution in [0, 0.1) is 0 Å². The van der Waals surface area contributed by atoms with Gasteiger partial charge in [-0.15, -0.1) is 0 Å². The van der Waals surface area contributed by atoms with Crippen molar-refractivity contribution in [1.82, 2.24) is 14.7 Å². The molecule has 3 rings (SSSR count). The molecule has 37 heavy (non-hydrogen) atoms. The van der Waals surface area contributed by atoms with Crippen molar-refractivity contribution in [3.8, 4) is 5.75 Å². The molecule has 2 atom stereocenters. The van der Waals surface area contributed by atoms with Gasteiger partial charge in [0.25, 0.3) is 0 Å². The Balaban J connectivity index is 1.69. The zero-order valence-electron chi connectivity index (χ0n) is 23.3. The molecular weight excluding hydrogens is 460 g/mol. The van der Waals surface area contributed by atoms with Crippen LogP contribution < -0.4 is 0 Å². The largest absolute Gasteiger partial charge is 0.511 e. The Morgan fingerprint density at radius 3 is 2.22 bits per heavy atom. The Hall–Kier alpha value is -2.83. The van der Waals surface area contributed by atoms with E-state index < -0.39 is 0 Å². The molecule has 6 nitrogen and oxygen atoms in total. The third kappa shape index (κ3) is 7.36. The maximum atomic E-state index is 10.4. The van der Waals surface area contributed by atoms with Crippen LogP contribution in [0.25, 0.3) is 0 Å². The number of phenols is 1. The maximum Gasteiger partial charge on any atom is 0.130 e. The van der Waals surface area contributed by atoms with Gasteiger partial charge in [0.15, 0.2) is 0 Å². The molecule has 6 heteroatoms. The predicted octanol–water partition coefficient (Wildman–Crippen LogP) is 6.21. The van der Waals surface area contributed by atoms with E-state index in [1.54, 1.807) is 12.1 Å². The van der Waals surface area contributed by atoms with E-state index in [2.05, 4.69) is 41.4 Å². The molecule has 2 N–H and O–H groups in total. The summed E-state index contributed by atoms with van der Waals surface area (Å²) in [4.78, 5) is 12.3. The molecule has 1 aromatic rings. The van der Waals surface area contributed by atoms with Gasteiger partial charge < -0.3 is 15.1 Å². The van der Waals surface area contributed by atoms with Gasteiger partial charge in [-0.05, 0) is 68.9 Å². The molecule has 1 aromatic carbocycles. The molecule has 0 bridgehead atoms. The van der Waals surface area contributed by atoms with Gasteiger partial charge in [-0.25, -0.2) is 4.99 Å². The Bertz CT molecular complexity index is 1020. The van der Waals surface area contributed by atoms with E-state index in [-0.39, 0.29) is 17.6 Å². The highest BCUT2D eigenvalue weighted by molar-refractivity contribution is 5.97. The first-order chi connectivity index (χ1) is 17.6. The van der Waals surface area contributed by atoms with Gasteiger partial charge in [0.2, 0.25) is 0 Å². The topological polar surface area (TPSA) is 62.5 Å². The van der Waals surface area contributed by atoms with E-state index in [1.807, 2.05) is 39.1 Å². The van der Waals surface area contributed by atoms with Crippen LogP contribution in [0.15, 0.2) is 77.7 Å². The molecule has 202 valence electrons. The quantitative estimate of drug-likeness (QED) is 0.180. The number of hydrogen-bond donors (Lipinski definition) is 2. The summed E-state index contributed by atoms with van der Waals surface area (Å²) >= 11 is 0. The summed E-state index contributed by atoms with van der Waals surface area (Å²) < 4.78 is 0. The fourth-order valence-electron chi connectivity index (χ4n) is 5.61. The van der Waals surface area contributed by atoms with Crippen molar-refractivity contribution in [2.75, 3.05) is 32.7 Å². The van der Waals surface area contributed by atoms with E-state index in [0.29, 0.717) is 12.1 Å². The minimum absolute atomic E-state index is 0.157. The second kappa shape index (κ2) is 13.1. The molecular formula is C31H46N4O2. The Labute approximate surface area is 224 Å². The molecule has 0 amide bonds. The molecule has 2 fully saturated rings. The lowest BCUT2D eigenvalue weighted by molar-refractivity contribution is 0.0215. The Morgan fingerprint density at radius 2 is 1.68 bits per heavy atom. The second-order valence-electron chi connectivity index (χ2n) is 10.7. The lowest BCUT2D eigenvalue weighted by Crippen LogP contribution is -2.59. The van der Waals surface area contributed by atoms with Gasteiger partial charge >= 0.3 is 0 Å². The first-order valence-corrected chi connectivity index (χ1v) is 13.6. The van der Waals surface area contributed by atoms with Crippen LogP contribution in [-0.4, -0.2) is 75.6 Å². The average molecular weight is 507 g/mol. The highest BCUT2D eigenvalue weighted by atomic mass is 16.3. The molecule has 2 aliphatic heterocycles. The number of hydrogen-bond acceptors (Lipinski definition) is 5. The van der Waals surface area contributed by atoms with Crippen LogP contribution >= 0.6 is 0 Å². The van der Waals surface area contributed by atoms with Crippen molar-refractivity contribution in [3.63, 3.8) is 0 Å². The van der Waals surface area contributed by atoms with E-state index in [1.165, 1.54) is 0 Å². The lowest BCUT2D eigenvalue weighted by Gasteiger charge is -2.49. The van der Waals surface area contributed by atoms with Gasteiger partial charge in [0, 0.05) is 51.0 Å². The van der Waals surface area contributed by atoms with E-state index in [0.717, 1.165) is 86.5 Å². The fourth-order valence-corrected chi connectivity index (χ4v) is 5.61.